The van der Waals surface area contributed by atoms with Crippen LogP contribution in [0.2, 0.25) is 0 Å². The third kappa shape index (κ3) is 3.34. The van der Waals surface area contributed by atoms with Crippen LogP contribution in [0.15, 0.2) is 24.3 Å². The van der Waals surface area contributed by atoms with E-state index >= 15 is 0 Å². The highest BCUT2D eigenvalue weighted by Crippen LogP contribution is 2.13. The lowest BCUT2D eigenvalue weighted by Crippen LogP contribution is -2.15. The van der Waals surface area contributed by atoms with E-state index in [-0.39, 0.29) is 6.54 Å². The van der Waals surface area contributed by atoms with E-state index in [4.69, 9.17) is 10.5 Å². The molecule has 0 fully saturated rings. The van der Waals surface area contributed by atoms with Gasteiger partial charge in [0.05, 0.1) is 7.11 Å². The SMILES string of the molecule is COc1ccc(CCC(F)CN)cc1. The van der Waals surface area contributed by atoms with Crippen molar-refractivity contribution >= 4 is 0 Å². The number of ether oxygens (including phenoxy) is 1. The van der Waals surface area contributed by atoms with Crippen LogP contribution in [0.4, 0.5) is 4.39 Å². The number of benzene rings is 1. The van der Waals surface area contributed by atoms with E-state index in [1.807, 2.05) is 24.3 Å². The van der Waals surface area contributed by atoms with Crippen LogP contribution in [0, 0.1) is 0 Å². The van der Waals surface area contributed by atoms with Crippen molar-refractivity contribution < 1.29 is 9.13 Å². The number of nitrogens with two attached hydrogens (primary N) is 1. The van der Waals surface area contributed by atoms with Gasteiger partial charge in [0, 0.05) is 6.54 Å². The topological polar surface area (TPSA) is 35.2 Å². The highest BCUT2D eigenvalue weighted by molar-refractivity contribution is 5.27. The normalized spacial score (nSPS) is 12.5. The number of aryl methyl sites for hydroxylation is 1. The Morgan fingerprint density at radius 2 is 2.00 bits per heavy atom. The van der Waals surface area contributed by atoms with Crippen molar-refractivity contribution in [2.75, 3.05) is 13.7 Å². The summed E-state index contributed by atoms with van der Waals surface area (Å²) in [6.07, 6.45) is 0.322. The molecule has 0 saturated carbocycles. The molecule has 1 atom stereocenters. The van der Waals surface area contributed by atoms with Gasteiger partial charge in [-0.1, -0.05) is 12.1 Å². The first-order chi connectivity index (χ1) is 6.76. The van der Waals surface area contributed by atoms with Gasteiger partial charge in [-0.05, 0) is 30.5 Å². The monoisotopic (exact) mass is 197 g/mol. The summed E-state index contributed by atoms with van der Waals surface area (Å²) in [7, 11) is 1.63. The van der Waals surface area contributed by atoms with Gasteiger partial charge in [-0.25, -0.2) is 4.39 Å². The zero-order valence-electron chi connectivity index (χ0n) is 8.37. The molecule has 0 aliphatic rings. The molecule has 14 heavy (non-hydrogen) atoms. The number of hydrogen-bond donors (Lipinski definition) is 1. The van der Waals surface area contributed by atoms with Crippen LogP contribution in [-0.4, -0.2) is 19.8 Å². The maximum Gasteiger partial charge on any atom is 0.118 e. The fourth-order valence-corrected chi connectivity index (χ4v) is 1.23. The second-order valence-corrected chi connectivity index (χ2v) is 3.22. The summed E-state index contributed by atoms with van der Waals surface area (Å²) in [5.41, 5.74) is 6.30. The number of hydrogen-bond acceptors (Lipinski definition) is 2. The molecular formula is C11H16FNO. The van der Waals surface area contributed by atoms with Crippen LogP contribution in [0.3, 0.4) is 0 Å². The molecule has 0 saturated heterocycles. The molecule has 0 aromatic heterocycles. The van der Waals surface area contributed by atoms with Crippen molar-refractivity contribution in [3.63, 3.8) is 0 Å². The summed E-state index contributed by atoms with van der Waals surface area (Å²) >= 11 is 0. The summed E-state index contributed by atoms with van der Waals surface area (Å²) in [6, 6.07) is 7.65. The second-order valence-electron chi connectivity index (χ2n) is 3.22. The van der Waals surface area contributed by atoms with Crippen molar-refractivity contribution in [3.8, 4) is 5.75 Å². The van der Waals surface area contributed by atoms with E-state index in [1.54, 1.807) is 7.11 Å². The van der Waals surface area contributed by atoms with E-state index in [9.17, 15) is 4.39 Å². The Morgan fingerprint density at radius 3 is 2.50 bits per heavy atom. The van der Waals surface area contributed by atoms with Crippen LogP contribution in [-0.2, 0) is 6.42 Å². The minimum absolute atomic E-state index is 0.107. The van der Waals surface area contributed by atoms with Crippen molar-refractivity contribution in [3.05, 3.63) is 29.8 Å². The molecule has 0 aliphatic heterocycles. The molecular weight excluding hydrogens is 181 g/mol. The Balaban J connectivity index is 2.43. The lowest BCUT2D eigenvalue weighted by molar-refractivity contribution is 0.323. The van der Waals surface area contributed by atoms with Gasteiger partial charge in [-0.2, -0.15) is 0 Å². The number of halogens is 1. The van der Waals surface area contributed by atoms with Crippen LogP contribution in [0.5, 0.6) is 5.75 Å². The number of rotatable bonds is 5. The van der Waals surface area contributed by atoms with E-state index < -0.39 is 6.17 Å². The lowest BCUT2D eigenvalue weighted by Gasteiger charge is -2.05. The van der Waals surface area contributed by atoms with E-state index in [0.29, 0.717) is 6.42 Å². The highest BCUT2D eigenvalue weighted by Gasteiger charge is 2.03. The molecule has 0 radical (unpaired) electrons. The second kappa shape index (κ2) is 5.60. The van der Waals surface area contributed by atoms with Gasteiger partial charge in [0.2, 0.25) is 0 Å². The maximum atomic E-state index is 12.8. The Bertz CT molecular complexity index is 260. The first kappa shape index (κ1) is 11.0. The molecule has 1 rings (SSSR count). The quantitative estimate of drug-likeness (QED) is 0.782. The Hall–Kier alpha value is -1.09. The zero-order chi connectivity index (χ0) is 10.4. The van der Waals surface area contributed by atoms with Crippen LogP contribution < -0.4 is 10.5 Å². The molecule has 1 aromatic carbocycles. The van der Waals surface area contributed by atoms with E-state index in [0.717, 1.165) is 17.7 Å². The van der Waals surface area contributed by atoms with Crippen LogP contribution >= 0.6 is 0 Å². The molecule has 0 spiro atoms. The third-order valence-electron chi connectivity index (χ3n) is 2.16. The molecule has 0 bridgehead atoms. The summed E-state index contributed by atoms with van der Waals surface area (Å²) in [4.78, 5) is 0. The average molecular weight is 197 g/mol. The van der Waals surface area contributed by atoms with Crippen LogP contribution in [0.25, 0.3) is 0 Å². The maximum absolute atomic E-state index is 12.8. The highest BCUT2D eigenvalue weighted by atomic mass is 19.1. The van der Waals surface area contributed by atoms with Gasteiger partial charge in [-0.3, -0.25) is 0 Å². The zero-order valence-corrected chi connectivity index (χ0v) is 8.37. The summed E-state index contributed by atoms with van der Waals surface area (Å²) in [6.45, 7) is 0.107. The first-order valence-corrected chi connectivity index (χ1v) is 4.73. The van der Waals surface area contributed by atoms with Crippen molar-refractivity contribution in [2.24, 2.45) is 5.73 Å². The van der Waals surface area contributed by atoms with Crippen molar-refractivity contribution in [1.29, 1.82) is 0 Å². The van der Waals surface area contributed by atoms with Gasteiger partial charge in [0.1, 0.15) is 11.9 Å². The standard InChI is InChI=1S/C11H16FNO/c1-14-11-6-3-9(4-7-11)2-5-10(12)8-13/h3-4,6-7,10H,2,5,8,13H2,1H3. The molecule has 0 amide bonds. The summed E-state index contributed by atoms with van der Waals surface area (Å²) in [5.74, 6) is 0.823. The molecule has 1 aromatic rings. The fourth-order valence-electron chi connectivity index (χ4n) is 1.23. The Labute approximate surface area is 83.9 Å². The van der Waals surface area contributed by atoms with Gasteiger partial charge in [0.15, 0.2) is 0 Å². The number of methoxy groups -OCH3 is 1. The van der Waals surface area contributed by atoms with E-state index in [2.05, 4.69) is 0 Å². The third-order valence-corrected chi connectivity index (χ3v) is 2.16. The van der Waals surface area contributed by atoms with Gasteiger partial charge in [-0.15, -0.1) is 0 Å². The van der Waals surface area contributed by atoms with E-state index in [1.165, 1.54) is 0 Å². The van der Waals surface area contributed by atoms with Gasteiger partial charge < -0.3 is 10.5 Å². The molecule has 1 unspecified atom stereocenters. The summed E-state index contributed by atoms with van der Waals surface area (Å²) in [5, 5.41) is 0. The average Bonchev–Trinajstić information content (AvgIpc) is 2.26. The largest absolute Gasteiger partial charge is 0.497 e. The Morgan fingerprint density at radius 1 is 1.36 bits per heavy atom. The molecule has 0 heterocycles. The lowest BCUT2D eigenvalue weighted by atomic mass is 10.1. The van der Waals surface area contributed by atoms with Gasteiger partial charge >= 0.3 is 0 Å². The van der Waals surface area contributed by atoms with Crippen molar-refractivity contribution in [2.45, 2.75) is 19.0 Å². The first-order valence-electron chi connectivity index (χ1n) is 4.73. The smallest absolute Gasteiger partial charge is 0.118 e. The van der Waals surface area contributed by atoms with Crippen LogP contribution in [0.1, 0.15) is 12.0 Å². The molecule has 3 heteroatoms. The molecule has 78 valence electrons. The predicted octanol–water partition coefficient (Wildman–Crippen LogP) is 1.92. The number of alkyl halides is 1. The predicted molar refractivity (Wildman–Crippen MR) is 55.3 cm³/mol. The van der Waals surface area contributed by atoms with Crippen molar-refractivity contribution in [1.82, 2.24) is 0 Å². The molecule has 2 N–H and O–H groups in total. The minimum atomic E-state index is -0.892. The van der Waals surface area contributed by atoms with Gasteiger partial charge in [0.25, 0.3) is 0 Å². The minimum Gasteiger partial charge on any atom is -0.497 e. The fraction of sp³-hybridized carbons (Fsp3) is 0.455. The summed E-state index contributed by atoms with van der Waals surface area (Å²) < 4.78 is 17.8. The Kier molecular flexibility index (Phi) is 4.40. The molecule has 2 nitrogen and oxygen atoms in total. The molecule has 0 aliphatic carbocycles.